The molecule has 1 aliphatic carbocycles. The van der Waals surface area contributed by atoms with Gasteiger partial charge in [-0.15, -0.1) is 0 Å². The van der Waals surface area contributed by atoms with Crippen LogP contribution in [-0.2, 0) is 13.0 Å². The number of fused-ring (bicyclic) bond motifs is 1. The van der Waals surface area contributed by atoms with Gasteiger partial charge in [0.1, 0.15) is 5.69 Å². The summed E-state index contributed by atoms with van der Waals surface area (Å²) in [6.07, 6.45) is 1.63. The van der Waals surface area contributed by atoms with E-state index in [-0.39, 0.29) is 5.78 Å². The second kappa shape index (κ2) is 4.65. The zero-order chi connectivity index (χ0) is 13.4. The Bertz CT molecular complexity index is 627. The van der Waals surface area contributed by atoms with Crippen LogP contribution in [0.3, 0.4) is 0 Å². The second-order valence-corrected chi connectivity index (χ2v) is 5.21. The number of aryl methyl sites for hydroxylation is 2. The van der Waals surface area contributed by atoms with Gasteiger partial charge in [-0.2, -0.15) is 5.10 Å². The van der Waals surface area contributed by atoms with E-state index in [4.69, 9.17) is 0 Å². The Kier molecular flexibility index (Phi) is 2.97. The van der Waals surface area contributed by atoms with E-state index in [0.29, 0.717) is 12.3 Å². The Balaban J connectivity index is 1.76. The first-order chi connectivity index (χ1) is 9.19. The Morgan fingerprint density at radius 2 is 2.21 bits per heavy atom. The van der Waals surface area contributed by atoms with Crippen LogP contribution in [-0.4, -0.2) is 15.6 Å². The molecule has 0 amide bonds. The number of rotatable bonds is 4. The van der Waals surface area contributed by atoms with Crippen LogP contribution in [0.1, 0.15) is 46.6 Å². The van der Waals surface area contributed by atoms with Gasteiger partial charge in [0, 0.05) is 13.0 Å². The topological polar surface area (TPSA) is 34.9 Å². The largest absolute Gasteiger partial charge is 0.292 e. The lowest BCUT2D eigenvalue weighted by Gasteiger charge is -2.29. The Morgan fingerprint density at radius 1 is 1.42 bits per heavy atom. The molecule has 3 rings (SSSR count). The van der Waals surface area contributed by atoms with Gasteiger partial charge in [-0.3, -0.25) is 9.48 Å². The van der Waals surface area contributed by atoms with Crippen molar-refractivity contribution in [1.29, 1.82) is 0 Å². The third-order valence-corrected chi connectivity index (χ3v) is 3.88. The van der Waals surface area contributed by atoms with Gasteiger partial charge in [-0.25, -0.2) is 0 Å². The molecular formula is C16H18N2O. The number of Topliss-reactive ketones (excluding diaryl/α,β-unsaturated/α-hetero) is 1. The van der Waals surface area contributed by atoms with Crippen molar-refractivity contribution in [2.24, 2.45) is 0 Å². The van der Waals surface area contributed by atoms with E-state index in [1.807, 2.05) is 24.6 Å². The highest BCUT2D eigenvalue weighted by molar-refractivity contribution is 5.95. The molecule has 0 spiro atoms. The first kappa shape index (κ1) is 12.2. The molecule has 1 aromatic carbocycles. The van der Waals surface area contributed by atoms with E-state index in [0.717, 1.165) is 24.4 Å². The molecule has 0 N–H and O–H groups in total. The molecule has 3 nitrogen and oxygen atoms in total. The zero-order valence-electron chi connectivity index (χ0n) is 11.4. The van der Waals surface area contributed by atoms with Gasteiger partial charge in [0.2, 0.25) is 0 Å². The summed E-state index contributed by atoms with van der Waals surface area (Å²) in [7, 11) is 0. The molecule has 0 aliphatic heterocycles. The van der Waals surface area contributed by atoms with Gasteiger partial charge >= 0.3 is 0 Å². The van der Waals surface area contributed by atoms with Crippen molar-refractivity contribution in [3.8, 4) is 0 Å². The smallest absolute Gasteiger partial charge is 0.181 e. The standard InChI is InChI=1S/C16H18N2O/c1-3-18-15(8-11(2)17-18)16(19)10-13-9-12-6-4-5-7-14(12)13/h4-8,13H,3,9-10H2,1-2H3. The predicted molar refractivity (Wildman–Crippen MR) is 74.5 cm³/mol. The monoisotopic (exact) mass is 254 g/mol. The van der Waals surface area contributed by atoms with Gasteiger partial charge < -0.3 is 0 Å². The van der Waals surface area contributed by atoms with E-state index in [1.165, 1.54) is 11.1 Å². The highest BCUT2D eigenvalue weighted by Gasteiger charge is 2.28. The first-order valence-electron chi connectivity index (χ1n) is 6.84. The molecule has 0 saturated heterocycles. The minimum atomic E-state index is 0.210. The minimum absolute atomic E-state index is 0.210. The van der Waals surface area contributed by atoms with E-state index in [9.17, 15) is 4.79 Å². The van der Waals surface area contributed by atoms with Crippen LogP contribution in [0.15, 0.2) is 30.3 Å². The lowest BCUT2D eigenvalue weighted by atomic mass is 9.75. The molecule has 1 heterocycles. The van der Waals surface area contributed by atoms with Crippen LogP contribution in [0.25, 0.3) is 0 Å². The minimum Gasteiger partial charge on any atom is -0.292 e. The third kappa shape index (κ3) is 2.09. The van der Waals surface area contributed by atoms with Crippen molar-refractivity contribution < 1.29 is 4.79 Å². The van der Waals surface area contributed by atoms with Crippen molar-refractivity contribution in [3.63, 3.8) is 0 Å². The van der Waals surface area contributed by atoms with Crippen molar-refractivity contribution in [1.82, 2.24) is 9.78 Å². The van der Waals surface area contributed by atoms with Crippen LogP contribution < -0.4 is 0 Å². The predicted octanol–water partition coefficient (Wildman–Crippen LogP) is 3.12. The summed E-state index contributed by atoms with van der Waals surface area (Å²) in [5.41, 5.74) is 4.40. The fraction of sp³-hybridized carbons (Fsp3) is 0.375. The van der Waals surface area contributed by atoms with Crippen LogP contribution in [0.4, 0.5) is 0 Å². The highest BCUT2D eigenvalue weighted by atomic mass is 16.1. The van der Waals surface area contributed by atoms with Crippen LogP contribution in [0.5, 0.6) is 0 Å². The molecular weight excluding hydrogens is 236 g/mol. The van der Waals surface area contributed by atoms with E-state index >= 15 is 0 Å². The lowest BCUT2D eigenvalue weighted by molar-refractivity contribution is 0.0960. The van der Waals surface area contributed by atoms with E-state index in [1.54, 1.807) is 0 Å². The molecule has 0 bridgehead atoms. The molecule has 2 aromatic rings. The number of benzene rings is 1. The van der Waals surface area contributed by atoms with Crippen molar-refractivity contribution in [2.75, 3.05) is 0 Å². The van der Waals surface area contributed by atoms with Gasteiger partial charge in [-0.1, -0.05) is 24.3 Å². The molecule has 1 unspecified atom stereocenters. The summed E-state index contributed by atoms with van der Waals surface area (Å²) in [6.45, 7) is 4.69. The molecule has 1 aromatic heterocycles. The van der Waals surface area contributed by atoms with Gasteiger partial charge in [0.15, 0.2) is 5.78 Å². The molecule has 19 heavy (non-hydrogen) atoms. The van der Waals surface area contributed by atoms with Gasteiger partial charge in [-0.05, 0) is 43.4 Å². The molecule has 1 aliphatic rings. The van der Waals surface area contributed by atoms with E-state index in [2.05, 4.69) is 29.4 Å². The molecule has 98 valence electrons. The number of aromatic nitrogens is 2. The summed E-state index contributed by atoms with van der Waals surface area (Å²) < 4.78 is 1.81. The summed E-state index contributed by atoms with van der Waals surface area (Å²) in [5, 5.41) is 4.34. The van der Waals surface area contributed by atoms with Crippen LogP contribution in [0, 0.1) is 6.92 Å². The van der Waals surface area contributed by atoms with Crippen molar-refractivity contribution in [3.05, 3.63) is 52.8 Å². The second-order valence-electron chi connectivity index (χ2n) is 5.21. The maximum absolute atomic E-state index is 12.4. The van der Waals surface area contributed by atoms with Crippen LogP contribution in [0.2, 0.25) is 0 Å². The fourth-order valence-corrected chi connectivity index (χ4v) is 2.88. The summed E-state index contributed by atoms with van der Waals surface area (Å²) in [5.74, 6) is 0.603. The molecule has 3 heteroatoms. The average molecular weight is 254 g/mol. The number of carbonyl (C=O) groups is 1. The lowest BCUT2D eigenvalue weighted by Crippen LogP contribution is -2.21. The maximum atomic E-state index is 12.4. The number of nitrogens with zero attached hydrogens (tertiary/aromatic N) is 2. The molecule has 0 radical (unpaired) electrons. The van der Waals surface area contributed by atoms with Gasteiger partial charge in [0.25, 0.3) is 0 Å². The Labute approximate surface area is 113 Å². The van der Waals surface area contributed by atoms with Crippen molar-refractivity contribution in [2.45, 2.75) is 39.2 Å². The SMILES string of the molecule is CCn1nc(C)cc1C(=O)CC1Cc2ccccc21. The molecule has 0 fully saturated rings. The van der Waals surface area contributed by atoms with Gasteiger partial charge in [0.05, 0.1) is 5.69 Å². The molecule has 0 saturated carbocycles. The summed E-state index contributed by atoms with van der Waals surface area (Å²) in [4.78, 5) is 12.4. The quantitative estimate of drug-likeness (QED) is 0.786. The number of hydrogen-bond donors (Lipinski definition) is 0. The summed E-state index contributed by atoms with van der Waals surface area (Å²) >= 11 is 0. The zero-order valence-corrected chi connectivity index (χ0v) is 11.4. The maximum Gasteiger partial charge on any atom is 0.181 e. The number of carbonyl (C=O) groups excluding carboxylic acids is 1. The third-order valence-electron chi connectivity index (χ3n) is 3.88. The van der Waals surface area contributed by atoms with E-state index < -0.39 is 0 Å². The number of ketones is 1. The van der Waals surface area contributed by atoms with Crippen molar-refractivity contribution >= 4 is 5.78 Å². The normalized spacial score (nSPS) is 16.8. The fourth-order valence-electron chi connectivity index (χ4n) is 2.88. The average Bonchev–Trinajstić information content (AvgIpc) is 2.77. The summed E-state index contributed by atoms with van der Waals surface area (Å²) in [6, 6.07) is 10.3. The Hall–Kier alpha value is -1.90. The highest BCUT2D eigenvalue weighted by Crippen LogP contribution is 2.37. The number of hydrogen-bond acceptors (Lipinski definition) is 2. The first-order valence-corrected chi connectivity index (χ1v) is 6.84. The Morgan fingerprint density at radius 3 is 2.95 bits per heavy atom. The molecule has 1 atom stereocenters. The van der Waals surface area contributed by atoms with Crippen LogP contribution >= 0.6 is 0 Å².